The van der Waals surface area contributed by atoms with E-state index in [0.29, 0.717) is 15.7 Å². The number of hydrogen-bond acceptors (Lipinski definition) is 3. The van der Waals surface area contributed by atoms with Crippen molar-refractivity contribution >= 4 is 56.7 Å². The monoisotopic (exact) mass is 403 g/mol. The largest absolute Gasteiger partial charge is 0.461 e. The fraction of sp³-hybridized carbons (Fsp3) is 0.467. The van der Waals surface area contributed by atoms with Crippen LogP contribution in [0.3, 0.4) is 0 Å². The first kappa shape index (κ1) is 14.8. The zero-order chi connectivity index (χ0) is 15.6. The number of anilines is 1. The third kappa shape index (κ3) is 2.02. The summed E-state index contributed by atoms with van der Waals surface area (Å²) in [4.78, 5) is 24.8. The number of carbonyl (C=O) groups excluding carboxylic acids is 2. The molecule has 2 bridgehead atoms. The maximum absolute atomic E-state index is 12.7. The van der Waals surface area contributed by atoms with Gasteiger partial charge in [-0.3, -0.25) is 9.59 Å². The molecule has 1 N–H and O–H groups in total. The minimum atomic E-state index is -0.368. The Morgan fingerprint density at radius 1 is 1.32 bits per heavy atom. The predicted octanol–water partition coefficient (Wildman–Crippen LogP) is 3.50. The summed E-state index contributed by atoms with van der Waals surface area (Å²) in [6.45, 7) is 0. The lowest BCUT2D eigenvalue weighted by molar-refractivity contribution is -0.145. The average molecular weight is 405 g/mol. The van der Waals surface area contributed by atoms with Crippen molar-refractivity contribution in [2.75, 3.05) is 5.32 Å². The number of amides is 1. The van der Waals surface area contributed by atoms with Crippen LogP contribution in [0.15, 0.2) is 18.2 Å². The highest BCUT2D eigenvalue weighted by molar-refractivity contribution is 9.09. The number of fused-ring (bicyclic) bond motifs is 1. The number of nitrogens with one attached hydrogen (secondary N) is 1. The zero-order valence-electron chi connectivity index (χ0n) is 11.3. The quantitative estimate of drug-likeness (QED) is 0.606. The lowest BCUT2D eigenvalue weighted by Crippen LogP contribution is -2.40. The van der Waals surface area contributed by atoms with Gasteiger partial charge in [0.25, 0.3) is 0 Å². The number of benzene rings is 1. The second kappa shape index (κ2) is 5.11. The minimum Gasteiger partial charge on any atom is -0.461 e. The molecule has 1 aromatic rings. The molecule has 0 unspecified atom stereocenters. The summed E-state index contributed by atoms with van der Waals surface area (Å²) in [5.41, 5.74) is 0.507. The topological polar surface area (TPSA) is 55.4 Å². The van der Waals surface area contributed by atoms with Crippen LogP contribution in [0.4, 0.5) is 5.69 Å². The van der Waals surface area contributed by atoms with Gasteiger partial charge in [0.05, 0.1) is 27.4 Å². The zero-order valence-corrected chi connectivity index (χ0v) is 14.4. The highest BCUT2D eigenvalue weighted by atomic mass is 79.9. The van der Waals surface area contributed by atoms with Gasteiger partial charge in [0.1, 0.15) is 6.10 Å². The number of esters is 1. The van der Waals surface area contributed by atoms with Gasteiger partial charge in [0.2, 0.25) is 5.91 Å². The Kier molecular flexibility index (Phi) is 3.44. The van der Waals surface area contributed by atoms with Crippen molar-refractivity contribution in [1.82, 2.24) is 0 Å². The van der Waals surface area contributed by atoms with Gasteiger partial charge in [-0.1, -0.05) is 39.1 Å². The van der Waals surface area contributed by atoms with E-state index in [4.69, 9.17) is 27.9 Å². The summed E-state index contributed by atoms with van der Waals surface area (Å²) < 4.78 is 5.41. The molecule has 1 heterocycles. The summed E-state index contributed by atoms with van der Waals surface area (Å²) in [5.74, 6) is -0.844. The third-order valence-corrected chi connectivity index (χ3v) is 6.76. The highest BCUT2D eigenvalue weighted by Gasteiger charge is 2.67. The molecule has 2 aliphatic carbocycles. The smallest absolute Gasteiger partial charge is 0.310 e. The molecule has 2 saturated carbocycles. The fourth-order valence-corrected chi connectivity index (χ4v) is 5.64. The van der Waals surface area contributed by atoms with Crippen LogP contribution >= 0.6 is 39.1 Å². The van der Waals surface area contributed by atoms with E-state index in [1.165, 1.54) is 0 Å². The first-order valence-electron chi connectivity index (χ1n) is 7.08. The van der Waals surface area contributed by atoms with Crippen molar-refractivity contribution in [3.63, 3.8) is 0 Å². The van der Waals surface area contributed by atoms with E-state index >= 15 is 0 Å². The van der Waals surface area contributed by atoms with E-state index < -0.39 is 0 Å². The van der Waals surface area contributed by atoms with Gasteiger partial charge in [-0.25, -0.2) is 0 Å². The molecule has 3 aliphatic rings. The molecule has 7 heteroatoms. The molecule has 116 valence electrons. The maximum Gasteiger partial charge on any atom is 0.310 e. The van der Waals surface area contributed by atoms with Gasteiger partial charge in [-0.2, -0.15) is 0 Å². The van der Waals surface area contributed by atoms with Crippen LogP contribution in [0.25, 0.3) is 0 Å². The van der Waals surface area contributed by atoms with Gasteiger partial charge in [-0.05, 0) is 30.5 Å². The first-order chi connectivity index (χ1) is 10.5. The fourth-order valence-electron chi connectivity index (χ4n) is 4.14. The van der Waals surface area contributed by atoms with Crippen molar-refractivity contribution in [1.29, 1.82) is 0 Å². The van der Waals surface area contributed by atoms with Crippen molar-refractivity contribution in [3.8, 4) is 0 Å². The standard InChI is InChI=1S/C15H12BrCl2NO3/c16-12-6-4-7-11(15(21)22-13(7)12)10(6)14(20)19-9-2-1-5(17)3-8(9)18/h1-3,6-7,10-13H,4H2,(H,19,20)/t6-,7-,10-,11-,12+,13+/m1/s1. The molecule has 1 aromatic carbocycles. The van der Waals surface area contributed by atoms with E-state index in [9.17, 15) is 9.59 Å². The number of ether oxygens (including phenoxy) is 1. The van der Waals surface area contributed by atoms with E-state index in [0.717, 1.165) is 6.42 Å². The van der Waals surface area contributed by atoms with Crippen molar-refractivity contribution in [2.24, 2.45) is 23.7 Å². The maximum atomic E-state index is 12.7. The highest BCUT2D eigenvalue weighted by Crippen LogP contribution is 2.60. The first-order valence-corrected chi connectivity index (χ1v) is 8.75. The molecule has 0 spiro atoms. The molecular weight excluding hydrogens is 393 g/mol. The summed E-state index contributed by atoms with van der Waals surface area (Å²) >= 11 is 15.5. The molecule has 1 aliphatic heterocycles. The SMILES string of the molecule is O=C(Nc1ccc(Cl)cc1Cl)[C@@H]1[C@H]2C[C@H]3[C@H](OC(=O)[C@H]31)[C@H]2Br. The number of halogens is 3. The predicted molar refractivity (Wildman–Crippen MR) is 86.3 cm³/mol. The van der Waals surface area contributed by atoms with E-state index in [2.05, 4.69) is 21.2 Å². The number of carbonyl (C=O) groups is 2. The van der Waals surface area contributed by atoms with Crippen LogP contribution in [-0.2, 0) is 14.3 Å². The Bertz CT molecular complexity index is 683. The van der Waals surface area contributed by atoms with Crippen LogP contribution in [0.2, 0.25) is 10.0 Å². The Morgan fingerprint density at radius 3 is 2.82 bits per heavy atom. The summed E-state index contributed by atoms with van der Waals surface area (Å²) in [6, 6.07) is 4.90. The van der Waals surface area contributed by atoms with Crippen molar-refractivity contribution in [2.45, 2.75) is 17.4 Å². The summed E-state index contributed by atoms with van der Waals surface area (Å²) in [7, 11) is 0. The molecule has 1 amide bonds. The molecule has 6 atom stereocenters. The Balaban J connectivity index is 1.59. The second-order valence-electron chi connectivity index (χ2n) is 6.07. The number of hydrogen-bond donors (Lipinski definition) is 1. The second-order valence-corrected chi connectivity index (χ2v) is 7.98. The van der Waals surface area contributed by atoms with Crippen LogP contribution in [-0.4, -0.2) is 22.8 Å². The van der Waals surface area contributed by atoms with E-state index in [1.807, 2.05) is 0 Å². The van der Waals surface area contributed by atoms with Crippen LogP contribution < -0.4 is 5.32 Å². The van der Waals surface area contributed by atoms with Crippen LogP contribution in [0.5, 0.6) is 0 Å². The number of alkyl halides is 1. The molecule has 0 radical (unpaired) electrons. The molecule has 0 aromatic heterocycles. The Morgan fingerprint density at radius 2 is 2.09 bits per heavy atom. The average Bonchev–Trinajstić information content (AvgIpc) is 3.06. The third-order valence-electron chi connectivity index (χ3n) is 5.01. The normalized spacial score (nSPS) is 38.2. The molecule has 4 rings (SSSR count). The van der Waals surface area contributed by atoms with Gasteiger partial charge in [-0.15, -0.1) is 0 Å². The molecular formula is C15H12BrCl2NO3. The lowest BCUT2D eigenvalue weighted by atomic mass is 9.79. The van der Waals surface area contributed by atoms with E-state index in [1.54, 1.807) is 18.2 Å². The summed E-state index contributed by atoms with van der Waals surface area (Å²) in [5, 5.41) is 3.72. The van der Waals surface area contributed by atoms with Gasteiger partial charge < -0.3 is 10.1 Å². The Labute approximate surface area is 145 Å². The van der Waals surface area contributed by atoms with Gasteiger partial charge >= 0.3 is 5.97 Å². The van der Waals surface area contributed by atoms with Crippen LogP contribution in [0.1, 0.15) is 6.42 Å². The summed E-state index contributed by atoms with van der Waals surface area (Å²) in [6.07, 6.45) is 0.773. The van der Waals surface area contributed by atoms with Gasteiger partial charge in [0.15, 0.2) is 0 Å². The van der Waals surface area contributed by atoms with Gasteiger partial charge in [0, 0.05) is 10.9 Å². The molecule has 1 saturated heterocycles. The Hall–Kier alpha value is -0.780. The minimum absolute atomic E-state index is 0.0524. The molecule has 22 heavy (non-hydrogen) atoms. The lowest BCUT2D eigenvalue weighted by Gasteiger charge is -2.27. The number of rotatable bonds is 2. The molecule has 4 nitrogen and oxygen atoms in total. The van der Waals surface area contributed by atoms with Crippen molar-refractivity contribution < 1.29 is 14.3 Å². The van der Waals surface area contributed by atoms with E-state index in [-0.39, 0.29) is 46.5 Å². The van der Waals surface area contributed by atoms with Crippen molar-refractivity contribution in [3.05, 3.63) is 28.2 Å². The molecule has 3 fully saturated rings. The van der Waals surface area contributed by atoms with Crippen LogP contribution in [0, 0.1) is 23.7 Å².